The molecule has 0 aromatic carbocycles. The van der Waals surface area contributed by atoms with Gasteiger partial charge in [0.25, 0.3) is 11.8 Å². The molecule has 3 rings (SSSR count). The number of aliphatic hydroxyl groups is 1. The number of hydrogen-bond donors (Lipinski definition) is 2. The molecule has 6 nitrogen and oxygen atoms in total. The van der Waals surface area contributed by atoms with Gasteiger partial charge in [0, 0.05) is 19.1 Å². The van der Waals surface area contributed by atoms with E-state index in [1.54, 1.807) is 17.9 Å². The first kappa shape index (κ1) is 17.0. The van der Waals surface area contributed by atoms with E-state index in [9.17, 15) is 14.7 Å². The lowest BCUT2D eigenvalue weighted by Gasteiger charge is -2.36. The molecular formula is C18H26N2O4. The van der Waals surface area contributed by atoms with Gasteiger partial charge in [-0.2, -0.15) is 0 Å². The molecule has 0 radical (unpaired) electrons. The average molecular weight is 334 g/mol. The van der Waals surface area contributed by atoms with Crippen molar-refractivity contribution < 1.29 is 19.1 Å². The second-order valence-electron chi connectivity index (χ2n) is 7.11. The molecule has 2 amide bonds. The fourth-order valence-corrected chi connectivity index (χ4v) is 3.81. The number of furan rings is 1. The Labute approximate surface area is 142 Å². The molecule has 0 atom stereocenters. The van der Waals surface area contributed by atoms with Gasteiger partial charge in [0.2, 0.25) is 0 Å². The number of likely N-dealkylation sites (tertiary alicyclic amines) is 1. The minimum absolute atomic E-state index is 0.0503. The number of piperidine rings is 1. The van der Waals surface area contributed by atoms with Crippen molar-refractivity contribution in [3.63, 3.8) is 0 Å². The monoisotopic (exact) mass is 334 g/mol. The van der Waals surface area contributed by atoms with Crippen molar-refractivity contribution in [2.45, 2.75) is 64.0 Å². The minimum Gasteiger partial charge on any atom is -0.466 e. The molecule has 1 saturated carbocycles. The van der Waals surface area contributed by atoms with Gasteiger partial charge in [0.1, 0.15) is 17.1 Å². The zero-order valence-corrected chi connectivity index (χ0v) is 14.4. The standard InChI is InChI=1S/C18H26N2O4/c1-12-11-15(13(2)24-12)16(21)19-14-5-9-20(10-6-14)17(22)18(23)7-3-4-8-18/h11,14,23H,3-10H2,1-2H3,(H,19,21). The highest BCUT2D eigenvalue weighted by Crippen LogP contribution is 2.32. The molecule has 1 aromatic rings. The number of hydrogen-bond acceptors (Lipinski definition) is 4. The van der Waals surface area contributed by atoms with Gasteiger partial charge >= 0.3 is 0 Å². The molecule has 2 N–H and O–H groups in total. The van der Waals surface area contributed by atoms with Gasteiger partial charge in [-0.05, 0) is 58.4 Å². The molecule has 6 heteroatoms. The van der Waals surface area contributed by atoms with Gasteiger partial charge in [-0.3, -0.25) is 9.59 Å². The van der Waals surface area contributed by atoms with Crippen LogP contribution in [0.25, 0.3) is 0 Å². The number of carbonyl (C=O) groups is 2. The lowest BCUT2D eigenvalue weighted by atomic mass is 9.97. The molecule has 1 aliphatic heterocycles. The Bertz CT molecular complexity index is 623. The van der Waals surface area contributed by atoms with Crippen LogP contribution in [-0.2, 0) is 4.79 Å². The average Bonchev–Trinajstić information content (AvgIpc) is 3.14. The predicted octanol–water partition coefficient (Wildman–Crippen LogP) is 1.92. The largest absolute Gasteiger partial charge is 0.466 e. The van der Waals surface area contributed by atoms with E-state index in [0.29, 0.717) is 50.1 Å². The number of carbonyl (C=O) groups excluding carboxylic acids is 2. The quantitative estimate of drug-likeness (QED) is 0.885. The van der Waals surface area contributed by atoms with Crippen LogP contribution in [0, 0.1) is 13.8 Å². The fraction of sp³-hybridized carbons (Fsp3) is 0.667. The molecule has 1 aliphatic carbocycles. The Kier molecular flexibility index (Phi) is 4.67. The Morgan fingerprint density at radius 3 is 2.42 bits per heavy atom. The molecular weight excluding hydrogens is 308 g/mol. The van der Waals surface area contributed by atoms with Crippen molar-refractivity contribution in [3.8, 4) is 0 Å². The van der Waals surface area contributed by atoms with Gasteiger partial charge in [0.05, 0.1) is 5.56 Å². The molecule has 0 spiro atoms. The lowest BCUT2D eigenvalue weighted by Crippen LogP contribution is -2.53. The molecule has 2 fully saturated rings. The van der Waals surface area contributed by atoms with E-state index >= 15 is 0 Å². The normalized spacial score (nSPS) is 21.0. The first-order valence-corrected chi connectivity index (χ1v) is 8.79. The molecule has 1 saturated heterocycles. The summed E-state index contributed by atoms with van der Waals surface area (Å²) in [5.41, 5.74) is -0.576. The van der Waals surface area contributed by atoms with Gasteiger partial charge < -0.3 is 19.7 Å². The van der Waals surface area contributed by atoms with Crippen LogP contribution in [0.1, 0.15) is 60.4 Å². The van der Waals surface area contributed by atoms with Crippen molar-refractivity contribution in [1.29, 1.82) is 0 Å². The zero-order valence-electron chi connectivity index (χ0n) is 14.4. The predicted molar refractivity (Wildman–Crippen MR) is 88.7 cm³/mol. The molecule has 132 valence electrons. The maximum absolute atomic E-state index is 12.5. The molecule has 1 aromatic heterocycles. The Morgan fingerprint density at radius 1 is 1.25 bits per heavy atom. The summed E-state index contributed by atoms with van der Waals surface area (Å²) < 4.78 is 5.40. The van der Waals surface area contributed by atoms with Gasteiger partial charge in [0.15, 0.2) is 0 Å². The third-order valence-electron chi connectivity index (χ3n) is 5.23. The highest BCUT2D eigenvalue weighted by atomic mass is 16.3. The maximum atomic E-state index is 12.5. The number of aryl methyl sites for hydroxylation is 2. The van der Waals surface area contributed by atoms with Crippen LogP contribution >= 0.6 is 0 Å². The minimum atomic E-state index is -1.15. The first-order chi connectivity index (χ1) is 11.4. The summed E-state index contributed by atoms with van der Waals surface area (Å²) in [4.78, 5) is 26.6. The van der Waals surface area contributed by atoms with E-state index in [2.05, 4.69) is 5.32 Å². The lowest BCUT2D eigenvalue weighted by molar-refractivity contribution is -0.151. The van der Waals surface area contributed by atoms with Crippen LogP contribution in [0.5, 0.6) is 0 Å². The molecule has 24 heavy (non-hydrogen) atoms. The van der Waals surface area contributed by atoms with Crippen LogP contribution < -0.4 is 5.32 Å². The molecule has 2 heterocycles. The van der Waals surface area contributed by atoms with Crippen LogP contribution in [0.15, 0.2) is 10.5 Å². The highest BCUT2D eigenvalue weighted by molar-refractivity contribution is 5.95. The first-order valence-electron chi connectivity index (χ1n) is 8.79. The molecule has 0 unspecified atom stereocenters. The number of rotatable bonds is 3. The van der Waals surface area contributed by atoms with E-state index < -0.39 is 5.60 Å². The molecule has 2 aliphatic rings. The van der Waals surface area contributed by atoms with Crippen molar-refractivity contribution in [2.24, 2.45) is 0 Å². The summed E-state index contributed by atoms with van der Waals surface area (Å²) in [6.45, 7) is 4.76. The van der Waals surface area contributed by atoms with Gasteiger partial charge in [-0.25, -0.2) is 0 Å². The maximum Gasteiger partial charge on any atom is 0.255 e. The van der Waals surface area contributed by atoms with E-state index in [4.69, 9.17) is 4.42 Å². The number of nitrogens with zero attached hydrogens (tertiary/aromatic N) is 1. The van der Waals surface area contributed by atoms with Gasteiger partial charge in [-0.15, -0.1) is 0 Å². The van der Waals surface area contributed by atoms with Crippen molar-refractivity contribution in [2.75, 3.05) is 13.1 Å². The van der Waals surface area contributed by atoms with E-state index in [1.165, 1.54) is 0 Å². The number of nitrogens with one attached hydrogen (secondary N) is 1. The van der Waals surface area contributed by atoms with E-state index in [0.717, 1.165) is 18.6 Å². The summed E-state index contributed by atoms with van der Waals surface area (Å²) in [6, 6.07) is 1.80. The second-order valence-corrected chi connectivity index (χ2v) is 7.11. The van der Waals surface area contributed by atoms with Crippen LogP contribution in [0.4, 0.5) is 0 Å². The zero-order chi connectivity index (χ0) is 17.3. The van der Waals surface area contributed by atoms with Crippen molar-refractivity contribution in [1.82, 2.24) is 10.2 Å². The van der Waals surface area contributed by atoms with Crippen LogP contribution in [-0.4, -0.2) is 46.6 Å². The molecule has 0 bridgehead atoms. The SMILES string of the molecule is Cc1cc(C(=O)NC2CCN(C(=O)C3(O)CCCC3)CC2)c(C)o1. The fourth-order valence-electron chi connectivity index (χ4n) is 3.81. The van der Waals surface area contributed by atoms with Gasteiger partial charge in [-0.1, -0.05) is 0 Å². The van der Waals surface area contributed by atoms with E-state index in [-0.39, 0.29) is 17.9 Å². The summed E-state index contributed by atoms with van der Waals surface area (Å²) >= 11 is 0. The second kappa shape index (κ2) is 6.59. The Balaban J connectivity index is 1.53. The summed E-state index contributed by atoms with van der Waals surface area (Å²) in [7, 11) is 0. The summed E-state index contributed by atoms with van der Waals surface area (Å²) in [6.07, 6.45) is 4.40. The topological polar surface area (TPSA) is 82.8 Å². The smallest absolute Gasteiger partial charge is 0.255 e. The van der Waals surface area contributed by atoms with Crippen molar-refractivity contribution >= 4 is 11.8 Å². The van der Waals surface area contributed by atoms with Crippen molar-refractivity contribution in [3.05, 3.63) is 23.2 Å². The highest BCUT2D eigenvalue weighted by Gasteiger charge is 2.42. The summed E-state index contributed by atoms with van der Waals surface area (Å²) in [5.74, 6) is 1.10. The third kappa shape index (κ3) is 3.34. The third-order valence-corrected chi connectivity index (χ3v) is 5.23. The van der Waals surface area contributed by atoms with Crippen LogP contribution in [0.3, 0.4) is 0 Å². The number of amides is 2. The van der Waals surface area contributed by atoms with E-state index in [1.807, 2.05) is 6.92 Å². The Hall–Kier alpha value is -1.82. The van der Waals surface area contributed by atoms with Crippen LogP contribution in [0.2, 0.25) is 0 Å². The summed E-state index contributed by atoms with van der Waals surface area (Å²) in [5, 5.41) is 13.5. The Morgan fingerprint density at radius 2 is 1.88 bits per heavy atom.